The molecule has 0 bridgehead atoms. The number of ether oxygens (including phenoxy) is 1. The van der Waals surface area contributed by atoms with E-state index in [1.807, 2.05) is 11.8 Å². The molecule has 2 aliphatic rings. The van der Waals surface area contributed by atoms with Crippen LogP contribution in [0.2, 0.25) is 0 Å². The third-order valence-electron chi connectivity index (χ3n) is 5.07. The molecule has 7 heteroatoms. The van der Waals surface area contributed by atoms with E-state index in [1.165, 1.54) is 12.8 Å². The summed E-state index contributed by atoms with van der Waals surface area (Å²) in [4.78, 5) is 25.7. The number of carbonyl (C=O) groups is 2. The first-order valence-electron chi connectivity index (χ1n) is 8.84. The number of aromatic nitrogens is 2. The lowest BCUT2D eigenvalue weighted by molar-refractivity contribution is -0.147. The highest BCUT2D eigenvalue weighted by Gasteiger charge is 2.30. The van der Waals surface area contributed by atoms with Gasteiger partial charge in [-0.3, -0.25) is 14.7 Å². The summed E-state index contributed by atoms with van der Waals surface area (Å²) in [5.41, 5.74) is 6.36. The van der Waals surface area contributed by atoms with Crippen molar-refractivity contribution in [3.63, 3.8) is 0 Å². The standard InChI is InChI=1S/C17H26N4O3/c1-11(24-13-6-2-3-7-13)17(23)21-8-4-5-12(10-21)14-9-15(16(18)22)20-19-14/h9,11-13H,2-8,10H2,1H3,(H2,18,22)(H,19,20)/t11-,12-/m0/s1. The van der Waals surface area contributed by atoms with Crippen LogP contribution in [0, 0.1) is 0 Å². The van der Waals surface area contributed by atoms with Gasteiger partial charge in [0.1, 0.15) is 11.8 Å². The largest absolute Gasteiger partial charge is 0.365 e. The summed E-state index contributed by atoms with van der Waals surface area (Å²) in [5, 5.41) is 6.82. The van der Waals surface area contributed by atoms with Crippen molar-refractivity contribution in [2.75, 3.05) is 13.1 Å². The third-order valence-corrected chi connectivity index (χ3v) is 5.07. The van der Waals surface area contributed by atoms with Crippen LogP contribution in [0.4, 0.5) is 0 Å². The molecular formula is C17H26N4O3. The highest BCUT2D eigenvalue weighted by Crippen LogP contribution is 2.27. The van der Waals surface area contributed by atoms with Gasteiger partial charge in [0.15, 0.2) is 0 Å². The van der Waals surface area contributed by atoms with Crippen molar-refractivity contribution in [1.82, 2.24) is 15.1 Å². The Morgan fingerprint density at radius 3 is 2.75 bits per heavy atom. The van der Waals surface area contributed by atoms with E-state index in [4.69, 9.17) is 10.5 Å². The van der Waals surface area contributed by atoms with Gasteiger partial charge < -0.3 is 15.4 Å². The summed E-state index contributed by atoms with van der Waals surface area (Å²) < 4.78 is 5.93. The number of rotatable bonds is 5. The minimum atomic E-state index is -0.542. The molecule has 2 amide bonds. The monoisotopic (exact) mass is 334 g/mol. The van der Waals surface area contributed by atoms with Crippen molar-refractivity contribution in [3.05, 3.63) is 17.5 Å². The quantitative estimate of drug-likeness (QED) is 0.853. The normalized spacial score (nSPS) is 23.4. The summed E-state index contributed by atoms with van der Waals surface area (Å²) in [6, 6.07) is 1.69. The number of hydrogen-bond acceptors (Lipinski definition) is 4. The molecule has 1 aromatic heterocycles. The van der Waals surface area contributed by atoms with Crippen LogP contribution in [-0.2, 0) is 9.53 Å². The highest BCUT2D eigenvalue weighted by atomic mass is 16.5. The molecule has 1 aliphatic heterocycles. The van der Waals surface area contributed by atoms with E-state index in [0.717, 1.165) is 37.9 Å². The molecule has 132 valence electrons. The van der Waals surface area contributed by atoms with Crippen molar-refractivity contribution < 1.29 is 14.3 Å². The van der Waals surface area contributed by atoms with E-state index in [-0.39, 0.29) is 23.6 Å². The molecule has 3 N–H and O–H groups in total. The molecule has 0 spiro atoms. The summed E-state index contributed by atoms with van der Waals surface area (Å²) in [5.74, 6) is -0.331. The maximum atomic E-state index is 12.7. The van der Waals surface area contributed by atoms with Crippen LogP contribution in [0.25, 0.3) is 0 Å². The first-order valence-corrected chi connectivity index (χ1v) is 8.84. The number of H-pyrrole nitrogens is 1. The maximum Gasteiger partial charge on any atom is 0.269 e. The fraction of sp³-hybridized carbons (Fsp3) is 0.706. The zero-order valence-electron chi connectivity index (χ0n) is 14.2. The number of nitrogens with one attached hydrogen (secondary N) is 1. The van der Waals surface area contributed by atoms with Gasteiger partial charge >= 0.3 is 0 Å². The zero-order chi connectivity index (χ0) is 17.1. The molecule has 3 rings (SSSR count). The number of aromatic amines is 1. The predicted octanol–water partition coefficient (Wildman–Crippen LogP) is 1.56. The fourth-order valence-corrected chi connectivity index (χ4v) is 3.73. The minimum absolute atomic E-state index is 0.0567. The number of primary amides is 1. The molecule has 2 heterocycles. The Bertz CT molecular complexity index is 594. The number of likely N-dealkylation sites (tertiary alicyclic amines) is 1. The Labute approximate surface area is 141 Å². The van der Waals surface area contributed by atoms with E-state index in [2.05, 4.69) is 10.2 Å². The number of amides is 2. The van der Waals surface area contributed by atoms with Crippen LogP contribution in [0.15, 0.2) is 6.07 Å². The van der Waals surface area contributed by atoms with Gasteiger partial charge in [-0.1, -0.05) is 12.8 Å². The average molecular weight is 334 g/mol. The summed E-state index contributed by atoms with van der Waals surface area (Å²) >= 11 is 0. The molecular weight excluding hydrogens is 308 g/mol. The van der Waals surface area contributed by atoms with Gasteiger partial charge in [0, 0.05) is 24.7 Å². The molecule has 0 aromatic carbocycles. The SMILES string of the molecule is C[C@H](OC1CCCC1)C(=O)N1CCC[C@H](c2cc(C(N)=O)n[nH]2)C1. The highest BCUT2D eigenvalue weighted by molar-refractivity contribution is 5.90. The second-order valence-corrected chi connectivity index (χ2v) is 6.88. The smallest absolute Gasteiger partial charge is 0.269 e. The predicted molar refractivity (Wildman–Crippen MR) is 88.5 cm³/mol. The van der Waals surface area contributed by atoms with E-state index < -0.39 is 12.0 Å². The molecule has 0 unspecified atom stereocenters. The van der Waals surface area contributed by atoms with Crippen molar-refractivity contribution in [2.45, 2.75) is 63.6 Å². The topological polar surface area (TPSA) is 101 Å². The van der Waals surface area contributed by atoms with E-state index in [9.17, 15) is 9.59 Å². The Morgan fingerprint density at radius 1 is 1.33 bits per heavy atom. The molecule has 1 aromatic rings. The zero-order valence-corrected chi connectivity index (χ0v) is 14.2. The first kappa shape index (κ1) is 17.0. The van der Waals surface area contributed by atoms with E-state index in [0.29, 0.717) is 6.54 Å². The number of carbonyl (C=O) groups excluding carboxylic acids is 2. The second kappa shape index (κ2) is 7.34. The molecule has 1 aliphatic carbocycles. The minimum Gasteiger partial charge on any atom is -0.365 e. The number of nitrogens with zero attached hydrogens (tertiary/aromatic N) is 2. The van der Waals surface area contributed by atoms with Gasteiger partial charge in [-0.15, -0.1) is 0 Å². The van der Waals surface area contributed by atoms with Crippen molar-refractivity contribution in [3.8, 4) is 0 Å². The Kier molecular flexibility index (Phi) is 5.18. The molecule has 2 fully saturated rings. The van der Waals surface area contributed by atoms with Gasteiger partial charge in [0.2, 0.25) is 0 Å². The number of nitrogens with two attached hydrogens (primary N) is 1. The van der Waals surface area contributed by atoms with Crippen LogP contribution in [0.5, 0.6) is 0 Å². The van der Waals surface area contributed by atoms with Crippen LogP contribution in [0.1, 0.15) is 67.5 Å². The van der Waals surface area contributed by atoms with Gasteiger partial charge in [-0.05, 0) is 38.7 Å². The maximum absolute atomic E-state index is 12.7. The van der Waals surface area contributed by atoms with Crippen LogP contribution in [-0.4, -0.2) is 52.2 Å². The van der Waals surface area contributed by atoms with Crippen LogP contribution in [0.3, 0.4) is 0 Å². The van der Waals surface area contributed by atoms with Gasteiger partial charge in [-0.2, -0.15) is 5.10 Å². The van der Waals surface area contributed by atoms with Crippen molar-refractivity contribution in [2.24, 2.45) is 5.73 Å². The summed E-state index contributed by atoms with van der Waals surface area (Å²) in [6.07, 6.45) is 6.23. The molecule has 1 saturated heterocycles. The molecule has 0 radical (unpaired) electrons. The van der Waals surface area contributed by atoms with E-state index in [1.54, 1.807) is 6.07 Å². The summed E-state index contributed by atoms with van der Waals surface area (Å²) in [7, 11) is 0. The lowest BCUT2D eigenvalue weighted by atomic mass is 9.94. The number of piperidine rings is 1. The Hall–Kier alpha value is -1.89. The fourth-order valence-electron chi connectivity index (χ4n) is 3.73. The molecule has 2 atom stereocenters. The molecule has 1 saturated carbocycles. The first-order chi connectivity index (χ1) is 11.5. The Morgan fingerprint density at radius 2 is 2.08 bits per heavy atom. The van der Waals surface area contributed by atoms with Gasteiger partial charge in [0.25, 0.3) is 11.8 Å². The van der Waals surface area contributed by atoms with Crippen LogP contribution >= 0.6 is 0 Å². The second-order valence-electron chi connectivity index (χ2n) is 6.88. The molecule has 7 nitrogen and oxygen atoms in total. The van der Waals surface area contributed by atoms with Crippen molar-refractivity contribution in [1.29, 1.82) is 0 Å². The Balaban J connectivity index is 1.59. The average Bonchev–Trinajstić information content (AvgIpc) is 3.25. The lowest BCUT2D eigenvalue weighted by Gasteiger charge is -2.34. The van der Waals surface area contributed by atoms with Gasteiger partial charge in [0.05, 0.1) is 6.10 Å². The van der Waals surface area contributed by atoms with Crippen molar-refractivity contribution >= 4 is 11.8 Å². The van der Waals surface area contributed by atoms with E-state index >= 15 is 0 Å². The molecule has 24 heavy (non-hydrogen) atoms. The summed E-state index contributed by atoms with van der Waals surface area (Å²) in [6.45, 7) is 3.23. The third kappa shape index (κ3) is 3.77. The van der Waals surface area contributed by atoms with Gasteiger partial charge in [-0.25, -0.2) is 0 Å². The lowest BCUT2D eigenvalue weighted by Crippen LogP contribution is -2.45. The number of hydrogen-bond donors (Lipinski definition) is 2. The van der Waals surface area contributed by atoms with Crippen LogP contribution < -0.4 is 5.73 Å².